The molecule has 6 heavy (non-hydrogen) atoms. The standard InChI is InChI=1S/C4H6S2/c1-4-2-3-5-6-4/h2-4H,1H3. The molecule has 1 aliphatic rings. The van der Waals surface area contributed by atoms with Crippen LogP contribution in [0.3, 0.4) is 0 Å². The Morgan fingerprint density at radius 2 is 2.50 bits per heavy atom. The van der Waals surface area contributed by atoms with Crippen molar-refractivity contribution in [3.8, 4) is 0 Å². The molecule has 0 aromatic heterocycles. The molecule has 1 heterocycles. The zero-order valence-electron chi connectivity index (χ0n) is 3.55. The Balaban J connectivity index is 2.38. The van der Waals surface area contributed by atoms with Gasteiger partial charge in [-0.1, -0.05) is 27.7 Å². The van der Waals surface area contributed by atoms with Crippen LogP contribution in [0, 0.1) is 0 Å². The van der Waals surface area contributed by atoms with E-state index in [1.54, 1.807) is 0 Å². The molecule has 0 saturated heterocycles. The highest BCUT2D eigenvalue weighted by Crippen LogP contribution is 2.34. The highest BCUT2D eigenvalue weighted by atomic mass is 33.1. The van der Waals surface area contributed by atoms with Gasteiger partial charge in [-0.25, -0.2) is 0 Å². The predicted octanol–water partition coefficient (Wildman–Crippen LogP) is 2.28. The molecule has 0 aromatic carbocycles. The predicted molar refractivity (Wildman–Crippen MR) is 33.8 cm³/mol. The van der Waals surface area contributed by atoms with Crippen LogP contribution in [0.1, 0.15) is 6.92 Å². The van der Waals surface area contributed by atoms with Gasteiger partial charge < -0.3 is 0 Å². The molecule has 0 saturated carbocycles. The first-order valence-electron chi connectivity index (χ1n) is 1.88. The summed E-state index contributed by atoms with van der Waals surface area (Å²) in [5.74, 6) is 0. The van der Waals surface area contributed by atoms with Crippen molar-refractivity contribution in [3.63, 3.8) is 0 Å². The number of rotatable bonds is 0. The van der Waals surface area contributed by atoms with Crippen LogP contribution in [0.5, 0.6) is 0 Å². The molecule has 1 atom stereocenters. The Kier molecular flexibility index (Phi) is 1.48. The molecule has 0 aromatic rings. The van der Waals surface area contributed by atoms with Crippen LogP contribution in [0.2, 0.25) is 0 Å². The van der Waals surface area contributed by atoms with Gasteiger partial charge in [0.05, 0.1) is 0 Å². The van der Waals surface area contributed by atoms with Gasteiger partial charge in [-0.05, 0) is 12.3 Å². The molecule has 1 unspecified atom stereocenters. The molecule has 2 heteroatoms. The second kappa shape index (κ2) is 1.94. The molecule has 0 amide bonds. The SMILES string of the molecule is CC1C=CSS1. The van der Waals surface area contributed by atoms with Crippen LogP contribution >= 0.6 is 21.6 Å². The second-order valence-corrected chi connectivity index (χ2v) is 3.78. The summed E-state index contributed by atoms with van der Waals surface area (Å²) < 4.78 is 0. The summed E-state index contributed by atoms with van der Waals surface area (Å²) in [4.78, 5) is 0. The highest BCUT2D eigenvalue weighted by molar-refractivity contribution is 8.78. The van der Waals surface area contributed by atoms with Gasteiger partial charge >= 0.3 is 0 Å². The lowest BCUT2D eigenvalue weighted by Gasteiger charge is -1.88. The fourth-order valence-corrected chi connectivity index (χ4v) is 2.18. The van der Waals surface area contributed by atoms with Gasteiger partial charge in [0.15, 0.2) is 0 Å². The van der Waals surface area contributed by atoms with Gasteiger partial charge in [-0.15, -0.1) is 0 Å². The van der Waals surface area contributed by atoms with E-state index in [4.69, 9.17) is 0 Å². The average molecular weight is 118 g/mol. The van der Waals surface area contributed by atoms with Crippen LogP contribution in [0.4, 0.5) is 0 Å². The lowest BCUT2D eigenvalue weighted by atomic mass is 10.5. The highest BCUT2D eigenvalue weighted by Gasteiger charge is 2.00. The van der Waals surface area contributed by atoms with Crippen molar-refractivity contribution in [1.82, 2.24) is 0 Å². The summed E-state index contributed by atoms with van der Waals surface area (Å²) in [7, 11) is 3.72. The van der Waals surface area contributed by atoms with Crippen LogP contribution in [0.25, 0.3) is 0 Å². The molecule has 0 nitrogen and oxygen atoms in total. The van der Waals surface area contributed by atoms with E-state index in [0.717, 1.165) is 5.25 Å². The van der Waals surface area contributed by atoms with Gasteiger partial charge in [-0.2, -0.15) is 0 Å². The minimum absolute atomic E-state index is 0.745. The van der Waals surface area contributed by atoms with E-state index >= 15 is 0 Å². The van der Waals surface area contributed by atoms with Crippen molar-refractivity contribution >= 4 is 21.6 Å². The third kappa shape index (κ3) is 0.949. The van der Waals surface area contributed by atoms with Gasteiger partial charge in [0.1, 0.15) is 0 Å². The van der Waals surface area contributed by atoms with Crippen molar-refractivity contribution in [1.29, 1.82) is 0 Å². The van der Waals surface area contributed by atoms with E-state index in [0.29, 0.717) is 0 Å². The van der Waals surface area contributed by atoms with E-state index in [1.807, 2.05) is 21.6 Å². The zero-order chi connectivity index (χ0) is 4.41. The van der Waals surface area contributed by atoms with E-state index in [2.05, 4.69) is 18.4 Å². The van der Waals surface area contributed by atoms with Crippen LogP contribution in [0.15, 0.2) is 11.5 Å². The Bertz CT molecular complexity index is 67.9. The van der Waals surface area contributed by atoms with E-state index in [9.17, 15) is 0 Å². The van der Waals surface area contributed by atoms with Gasteiger partial charge in [-0.3, -0.25) is 0 Å². The van der Waals surface area contributed by atoms with Crippen molar-refractivity contribution in [3.05, 3.63) is 11.5 Å². The average Bonchev–Trinajstić information content (AvgIpc) is 1.86. The monoisotopic (exact) mass is 118 g/mol. The topological polar surface area (TPSA) is 0 Å². The summed E-state index contributed by atoms with van der Waals surface area (Å²) in [6.45, 7) is 2.20. The number of hydrogen-bond donors (Lipinski definition) is 0. The molecule has 1 aliphatic heterocycles. The molecule has 34 valence electrons. The third-order valence-electron chi connectivity index (χ3n) is 0.612. The van der Waals surface area contributed by atoms with Crippen molar-refractivity contribution < 1.29 is 0 Å². The lowest BCUT2D eigenvalue weighted by Crippen LogP contribution is -1.77. The Morgan fingerprint density at radius 1 is 1.67 bits per heavy atom. The molecule has 1 rings (SSSR count). The molecular weight excluding hydrogens is 112 g/mol. The third-order valence-corrected chi connectivity index (χ3v) is 3.03. The van der Waals surface area contributed by atoms with Crippen LogP contribution in [-0.2, 0) is 0 Å². The Labute approximate surface area is 45.8 Å². The zero-order valence-corrected chi connectivity index (χ0v) is 5.18. The molecule has 0 aliphatic carbocycles. The maximum Gasteiger partial charge on any atom is 0.0314 e. The normalized spacial score (nSPS) is 31.8. The smallest absolute Gasteiger partial charge is 0.0314 e. The Hall–Kier alpha value is 0.440. The quantitative estimate of drug-likeness (QED) is 0.447. The number of hydrogen-bond acceptors (Lipinski definition) is 2. The van der Waals surface area contributed by atoms with Crippen LogP contribution < -0.4 is 0 Å². The van der Waals surface area contributed by atoms with Crippen molar-refractivity contribution in [2.24, 2.45) is 0 Å². The minimum atomic E-state index is 0.745. The summed E-state index contributed by atoms with van der Waals surface area (Å²) in [5.41, 5.74) is 0. The first-order valence-corrected chi connectivity index (χ1v) is 4.16. The fourth-order valence-electron chi connectivity index (χ4n) is 0.294. The van der Waals surface area contributed by atoms with E-state index in [-0.39, 0.29) is 0 Å². The van der Waals surface area contributed by atoms with E-state index in [1.165, 1.54) is 0 Å². The first-order chi connectivity index (χ1) is 2.89. The Morgan fingerprint density at radius 3 is 2.67 bits per heavy atom. The minimum Gasteiger partial charge on any atom is -0.0822 e. The molecule has 0 fully saturated rings. The maximum atomic E-state index is 2.20. The van der Waals surface area contributed by atoms with Gasteiger partial charge in [0.2, 0.25) is 0 Å². The molecule has 0 N–H and O–H groups in total. The van der Waals surface area contributed by atoms with Gasteiger partial charge in [0.25, 0.3) is 0 Å². The van der Waals surface area contributed by atoms with E-state index < -0.39 is 0 Å². The molecule has 0 radical (unpaired) electrons. The molecule has 0 spiro atoms. The summed E-state index contributed by atoms with van der Waals surface area (Å²) in [6.07, 6.45) is 2.20. The second-order valence-electron chi connectivity index (χ2n) is 1.23. The largest absolute Gasteiger partial charge is 0.0822 e. The summed E-state index contributed by atoms with van der Waals surface area (Å²) in [5, 5.41) is 2.88. The van der Waals surface area contributed by atoms with Crippen LogP contribution in [-0.4, -0.2) is 5.25 Å². The maximum absolute atomic E-state index is 2.20. The summed E-state index contributed by atoms with van der Waals surface area (Å²) >= 11 is 0. The molecule has 0 bridgehead atoms. The van der Waals surface area contributed by atoms with Crippen molar-refractivity contribution in [2.45, 2.75) is 12.2 Å². The summed E-state index contributed by atoms with van der Waals surface area (Å²) in [6, 6.07) is 0. The van der Waals surface area contributed by atoms with Gasteiger partial charge in [0, 0.05) is 5.25 Å². The first kappa shape index (κ1) is 4.60. The lowest BCUT2D eigenvalue weighted by molar-refractivity contribution is 1.27. The molecular formula is C4H6S2. The van der Waals surface area contributed by atoms with Crippen molar-refractivity contribution in [2.75, 3.05) is 0 Å². The fraction of sp³-hybridized carbons (Fsp3) is 0.500.